The Morgan fingerprint density at radius 2 is 2.12 bits per heavy atom. The minimum Gasteiger partial charge on any atom is -0.382 e. The van der Waals surface area contributed by atoms with E-state index < -0.39 is 11.9 Å². The molecule has 10 heteroatoms. The molecule has 2 rings (SSSR count). The van der Waals surface area contributed by atoms with E-state index in [0.29, 0.717) is 37.2 Å². The van der Waals surface area contributed by atoms with E-state index in [1.807, 2.05) is 6.92 Å². The highest BCUT2D eigenvalue weighted by Gasteiger charge is 2.11. The molecule has 0 aromatic carbocycles. The van der Waals surface area contributed by atoms with Crippen molar-refractivity contribution in [2.45, 2.75) is 18.5 Å². The summed E-state index contributed by atoms with van der Waals surface area (Å²) in [6.45, 7) is 3.57. The third-order valence-corrected chi connectivity index (χ3v) is 3.81. The number of nitrogens with one attached hydrogen (secondary N) is 3. The summed E-state index contributed by atoms with van der Waals surface area (Å²) in [7, 11) is 0. The lowest BCUT2D eigenvalue weighted by molar-refractivity contribution is -0.117. The highest BCUT2D eigenvalue weighted by Crippen LogP contribution is 2.17. The number of urea groups is 1. The van der Waals surface area contributed by atoms with Crippen molar-refractivity contribution in [3.8, 4) is 11.4 Å². The largest absolute Gasteiger partial charge is 0.382 e. The van der Waals surface area contributed by atoms with Crippen LogP contribution in [0.2, 0.25) is 0 Å². The topological polar surface area (TPSA) is 122 Å². The molecule has 0 saturated heterocycles. The number of H-pyrrole nitrogens is 1. The van der Waals surface area contributed by atoms with E-state index in [1.54, 1.807) is 24.5 Å². The Hall–Kier alpha value is -2.46. The molecule has 134 valence electrons. The molecule has 0 spiro atoms. The average Bonchev–Trinajstić information content (AvgIpc) is 3.09. The molecule has 0 saturated carbocycles. The number of hydrogen-bond acceptors (Lipinski definition) is 7. The van der Waals surface area contributed by atoms with Gasteiger partial charge >= 0.3 is 6.03 Å². The molecule has 9 nitrogen and oxygen atoms in total. The van der Waals surface area contributed by atoms with Gasteiger partial charge in [0.15, 0.2) is 5.82 Å². The van der Waals surface area contributed by atoms with Crippen molar-refractivity contribution < 1.29 is 14.3 Å². The maximum Gasteiger partial charge on any atom is 0.321 e. The number of thioether (sulfide) groups is 1. The van der Waals surface area contributed by atoms with Crippen LogP contribution in [-0.2, 0) is 9.53 Å². The van der Waals surface area contributed by atoms with Crippen molar-refractivity contribution in [1.29, 1.82) is 0 Å². The Bertz CT molecular complexity index is 679. The van der Waals surface area contributed by atoms with Crippen LogP contribution in [0, 0.1) is 0 Å². The second kappa shape index (κ2) is 10.4. The predicted molar refractivity (Wildman–Crippen MR) is 93.0 cm³/mol. The molecule has 0 bridgehead atoms. The molecule has 25 heavy (non-hydrogen) atoms. The van der Waals surface area contributed by atoms with Crippen LogP contribution in [0.1, 0.15) is 13.3 Å². The van der Waals surface area contributed by atoms with Crippen LogP contribution in [0.5, 0.6) is 0 Å². The number of carbonyl (C=O) groups excluding carboxylic acids is 2. The van der Waals surface area contributed by atoms with Crippen LogP contribution < -0.4 is 10.6 Å². The summed E-state index contributed by atoms with van der Waals surface area (Å²) in [5.41, 5.74) is 0.852. The van der Waals surface area contributed by atoms with Crippen LogP contribution in [0.15, 0.2) is 29.7 Å². The monoisotopic (exact) mass is 364 g/mol. The van der Waals surface area contributed by atoms with Gasteiger partial charge in [0.2, 0.25) is 11.1 Å². The number of imide groups is 1. The molecule has 0 fully saturated rings. The Labute approximate surface area is 149 Å². The molecule has 0 radical (unpaired) electrons. The van der Waals surface area contributed by atoms with Gasteiger partial charge in [-0.25, -0.2) is 9.78 Å². The number of aromatic amines is 1. The predicted octanol–water partition coefficient (Wildman–Crippen LogP) is 1.21. The number of rotatable bonds is 9. The minimum absolute atomic E-state index is 0.0417. The van der Waals surface area contributed by atoms with Gasteiger partial charge in [-0.2, -0.15) is 0 Å². The van der Waals surface area contributed by atoms with Crippen molar-refractivity contribution in [2.24, 2.45) is 0 Å². The summed E-state index contributed by atoms with van der Waals surface area (Å²) in [4.78, 5) is 31.5. The second-order valence-electron chi connectivity index (χ2n) is 4.85. The van der Waals surface area contributed by atoms with E-state index in [2.05, 4.69) is 30.8 Å². The molecule has 0 unspecified atom stereocenters. The molecular formula is C15H20N6O3S. The summed E-state index contributed by atoms with van der Waals surface area (Å²) in [5, 5.41) is 12.1. The third kappa shape index (κ3) is 6.89. The van der Waals surface area contributed by atoms with Gasteiger partial charge in [0.25, 0.3) is 0 Å². The lowest BCUT2D eigenvalue weighted by Crippen LogP contribution is -2.40. The summed E-state index contributed by atoms with van der Waals surface area (Å²) < 4.78 is 5.16. The number of amides is 3. The summed E-state index contributed by atoms with van der Waals surface area (Å²) >= 11 is 1.14. The van der Waals surface area contributed by atoms with Crippen molar-refractivity contribution in [3.63, 3.8) is 0 Å². The Kier molecular flexibility index (Phi) is 7.86. The first-order chi connectivity index (χ1) is 12.2. The molecule has 3 N–H and O–H groups in total. The van der Waals surface area contributed by atoms with Gasteiger partial charge < -0.3 is 10.1 Å². The fraction of sp³-hybridized carbons (Fsp3) is 0.400. The first-order valence-corrected chi connectivity index (χ1v) is 8.78. The van der Waals surface area contributed by atoms with E-state index in [1.165, 1.54) is 0 Å². The van der Waals surface area contributed by atoms with Crippen molar-refractivity contribution in [2.75, 3.05) is 25.5 Å². The number of ether oxygens (including phenoxy) is 1. The summed E-state index contributed by atoms with van der Waals surface area (Å²) in [6, 6.07) is 3.09. The molecule has 0 aliphatic heterocycles. The maximum atomic E-state index is 11.7. The molecule has 2 aromatic rings. The van der Waals surface area contributed by atoms with Gasteiger partial charge in [-0.3, -0.25) is 20.2 Å². The number of carbonyl (C=O) groups is 2. The zero-order valence-electron chi connectivity index (χ0n) is 13.8. The highest BCUT2D eigenvalue weighted by molar-refractivity contribution is 7.99. The van der Waals surface area contributed by atoms with E-state index >= 15 is 0 Å². The third-order valence-electron chi connectivity index (χ3n) is 2.96. The highest BCUT2D eigenvalue weighted by atomic mass is 32.2. The first-order valence-electron chi connectivity index (χ1n) is 7.80. The van der Waals surface area contributed by atoms with Crippen LogP contribution in [0.25, 0.3) is 11.4 Å². The van der Waals surface area contributed by atoms with Crippen LogP contribution in [-0.4, -0.2) is 57.6 Å². The quantitative estimate of drug-likeness (QED) is 0.451. The number of aromatic nitrogens is 4. The molecule has 2 heterocycles. The van der Waals surface area contributed by atoms with Gasteiger partial charge in [-0.15, -0.1) is 5.10 Å². The minimum atomic E-state index is -0.519. The van der Waals surface area contributed by atoms with Crippen molar-refractivity contribution in [1.82, 2.24) is 30.8 Å². The standard InChI is InChI=1S/C15H20N6O3S/c1-2-24-9-3-6-17-14(23)18-12(22)10-25-15-19-13(20-21-15)11-4-7-16-8-5-11/h4-5,7-8H,2-3,6,9-10H2,1H3,(H,19,20,21)(H2,17,18,22,23). The molecule has 0 atom stereocenters. The maximum absolute atomic E-state index is 11.7. The lowest BCUT2D eigenvalue weighted by atomic mass is 10.3. The van der Waals surface area contributed by atoms with Gasteiger partial charge in [-0.05, 0) is 25.5 Å². The van der Waals surface area contributed by atoms with E-state index in [-0.39, 0.29) is 5.75 Å². The normalized spacial score (nSPS) is 10.4. The average molecular weight is 364 g/mol. The fourth-order valence-electron chi connectivity index (χ4n) is 1.81. The van der Waals surface area contributed by atoms with Gasteiger partial charge in [0, 0.05) is 37.7 Å². The first kappa shape index (κ1) is 18.9. The SMILES string of the molecule is CCOCCCNC(=O)NC(=O)CSc1n[nH]c(-c2ccncc2)n1. The fourth-order valence-corrected chi connectivity index (χ4v) is 2.41. The smallest absolute Gasteiger partial charge is 0.321 e. The Morgan fingerprint density at radius 1 is 1.32 bits per heavy atom. The van der Waals surface area contributed by atoms with Gasteiger partial charge in [-0.1, -0.05) is 11.8 Å². The van der Waals surface area contributed by atoms with Crippen LogP contribution in [0.4, 0.5) is 4.79 Å². The lowest BCUT2D eigenvalue weighted by Gasteiger charge is -2.06. The second-order valence-corrected chi connectivity index (χ2v) is 5.79. The summed E-state index contributed by atoms with van der Waals surface area (Å²) in [5.74, 6) is 0.222. The summed E-state index contributed by atoms with van der Waals surface area (Å²) in [6.07, 6.45) is 4.01. The number of pyridine rings is 1. The molecule has 3 amide bonds. The van der Waals surface area contributed by atoms with Crippen molar-refractivity contribution in [3.05, 3.63) is 24.5 Å². The Balaban J connectivity index is 1.68. The number of hydrogen-bond donors (Lipinski definition) is 3. The molecular weight excluding hydrogens is 344 g/mol. The zero-order chi connectivity index (χ0) is 17.9. The van der Waals surface area contributed by atoms with E-state index in [9.17, 15) is 9.59 Å². The van der Waals surface area contributed by atoms with Crippen LogP contribution in [0.3, 0.4) is 0 Å². The zero-order valence-corrected chi connectivity index (χ0v) is 14.6. The van der Waals surface area contributed by atoms with Gasteiger partial charge in [0.05, 0.1) is 5.75 Å². The van der Waals surface area contributed by atoms with Crippen LogP contribution >= 0.6 is 11.8 Å². The van der Waals surface area contributed by atoms with E-state index in [0.717, 1.165) is 17.3 Å². The number of nitrogens with zero attached hydrogens (tertiary/aromatic N) is 3. The molecule has 0 aliphatic rings. The van der Waals surface area contributed by atoms with E-state index in [4.69, 9.17) is 4.74 Å². The molecule has 0 aliphatic carbocycles. The Morgan fingerprint density at radius 3 is 2.88 bits per heavy atom. The van der Waals surface area contributed by atoms with Crippen molar-refractivity contribution >= 4 is 23.7 Å². The molecule has 2 aromatic heterocycles. The van der Waals surface area contributed by atoms with Gasteiger partial charge in [0.1, 0.15) is 0 Å².